The van der Waals surface area contributed by atoms with Gasteiger partial charge in [-0.05, 0) is 12.1 Å². The fourth-order valence-electron chi connectivity index (χ4n) is 1.93. The zero-order chi connectivity index (χ0) is 15.8. The summed E-state index contributed by atoms with van der Waals surface area (Å²) in [5, 5.41) is 0. The van der Waals surface area contributed by atoms with E-state index in [0.717, 1.165) is 24.3 Å². The molecule has 0 fully saturated rings. The van der Waals surface area contributed by atoms with Crippen molar-refractivity contribution in [3.05, 3.63) is 70.5 Å². The summed E-state index contributed by atoms with van der Waals surface area (Å²) in [5.41, 5.74) is 3.31. The van der Waals surface area contributed by atoms with E-state index in [4.69, 9.17) is 5.73 Å². The van der Waals surface area contributed by atoms with Crippen molar-refractivity contribution in [3.63, 3.8) is 0 Å². The second-order valence-electron chi connectivity index (χ2n) is 4.35. The summed E-state index contributed by atoms with van der Waals surface area (Å²) >= 11 is 0. The van der Waals surface area contributed by atoms with Crippen LogP contribution in [-0.2, 0) is 6.18 Å². The first-order valence-electron chi connectivity index (χ1n) is 5.78. The second-order valence-corrected chi connectivity index (χ2v) is 4.35. The van der Waals surface area contributed by atoms with Crippen LogP contribution in [-0.4, -0.2) is 0 Å². The monoisotopic (exact) mass is 305 g/mol. The molecule has 0 saturated carbocycles. The molecule has 0 bridgehead atoms. The molecule has 0 amide bonds. The lowest BCUT2D eigenvalue weighted by molar-refractivity contribution is -0.140. The van der Waals surface area contributed by atoms with Gasteiger partial charge in [0.15, 0.2) is 0 Å². The Morgan fingerprint density at radius 3 is 2.14 bits per heavy atom. The van der Waals surface area contributed by atoms with Gasteiger partial charge in [-0.1, -0.05) is 18.2 Å². The largest absolute Gasteiger partial charge is 0.419 e. The SMILES string of the molecule is NC(c1ccc(F)cc1F)c1cccc(C(F)(F)F)c1F. The zero-order valence-corrected chi connectivity index (χ0v) is 10.4. The molecule has 1 nitrogen and oxygen atoms in total. The molecule has 0 aliphatic carbocycles. The third-order valence-electron chi connectivity index (χ3n) is 2.97. The lowest BCUT2D eigenvalue weighted by atomic mass is 9.96. The Balaban J connectivity index is 2.51. The van der Waals surface area contributed by atoms with Gasteiger partial charge in [-0.15, -0.1) is 0 Å². The van der Waals surface area contributed by atoms with Crippen molar-refractivity contribution >= 4 is 0 Å². The van der Waals surface area contributed by atoms with E-state index in [1.165, 1.54) is 0 Å². The van der Waals surface area contributed by atoms with Gasteiger partial charge in [0.2, 0.25) is 0 Å². The van der Waals surface area contributed by atoms with Crippen molar-refractivity contribution in [1.29, 1.82) is 0 Å². The molecule has 1 unspecified atom stereocenters. The van der Waals surface area contributed by atoms with E-state index < -0.39 is 40.8 Å². The Hall–Kier alpha value is -2.02. The predicted octanol–water partition coefficient (Wildman–Crippen LogP) is 4.17. The van der Waals surface area contributed by atoms with Gasteiger partial charge in [0.25, 0.3) is 0 Å². The Labute approximate surface area is 116 Å². The van der Waals surface area contributed by atoms with E-state index in [9.17, 15) is 26.3 Å². The van der Waals surface area contributed by atoms with Gasteiger partial charge in [-0.3, -0.25) is 0 Å². The first-order valence-corrected chi connectivity index (χ1v) is 5.78. The number of hydrogen-bond acceptors (Lipinski definition) is 1. The van der Waals surface area contributed by atoms with Gasteiger partial charge in [-0.25, -0.2) is 13.2 Å². The number of alkyl halides is 3. The summed E-state index contributed by atoms with van der Waals surface area (Å²) < 4.78 is 78.2. The van der Waals surface area contributed by atoms with E-state index in [1.54, 1.807) is 0 Å². The topological polar surface area (TPSA) is 26.0 Å². The van der Waals surface area contributed by atoms with E-state index in [1.807, 2.05) is 0 Å². The highest BCUT2D eigenvalue weighted by Crippen LogP contribution is 2.35. The molecule has 0 radical (unpaired) electrons. The highest BCUT2D eigenvalue weighted by atomic mass is 19.4. The maximum atomic E-state index is 13.9. The molecular weight excluding hydrogens is 296 g/mol. The third-order valence-corrected chi connectivity index (χ3v) is 2.97. The van der Waals surface area contributed by atoms with Crippen molar-refractivity contribution in [2.75, 3.05) is 0 Å². The van der Waals surface area contributed by atoms with Crippen molar-refractivity contribution in [3.8, 4) is 0 Å². The van der Waals surface area contributed by atoms with Gasteiger partial charge in [-0.2, -0.15) is 13.2 Å². The summed E-state index contributed by atoms with van der Waals surface area (Å²) in [7, 11) is 0. The Kier molecular flexibility index (Phi) is 3.95. The van der Waals surface area contributed by atoms with E-state index in [-0.39, 0.29) is 5.56 Å². The van der Waals surface area contributed by atoms with Crippen LogP contribution in [0.15, 0.2) is 36.4 Å². The number of benzene rings is 2. The normalized spacial score (nSPS) is 13.3. The van der Waals surface area contributed by atoms with Gasteiger partial charge >= 0.3 is 6.18 Å². The molecular formula is C14H9F6N. The van der Waals surface area contributed by atoms with Crippen LogP contribution < -0.4 is 5.73 Å². The molecule has 0 aliphatic rings. The maximum Gasteiger partial charge on any atom is 0.419 e. The second kappa shape index (κ2) is 5.40. The molecule has 2 rings (SSSR count). The van der Waals surface area contributed by atoms with Crippen molar-refractivity contribution in [1.82, 2.24) is 0 Å². The highest BCUT2D eigenvalue weighted by Gasteiger charge is 2.35. The Morgan fingerprint density at radius 1 is 0.905 bits per heavy atom. The van der Waals surface area contributed by atoms with E-state index in [0.29, 0.717) is 12.1 Å². The van der Waals surface area contributed by atoms with Crippen LogP contribution in [0.1, 0.15) is 22.7 Å². The van der Waals surface area contributed by atoms with Crippen molar-refractivity contribution in [2.45, 2.75) is 12.2 Å². The molecule has 2 aromatic carbocycles. The first kappa shape index (κ1) is 15.4. The van der Waals surface area contributed by atoms with Crippen molar-refractivity contribution < 1.29 is 26.3 Å². The number of rotatable bonds is 2. The molecule has 112 valence electrons. The van der Waals surface area contributed by atoms with Gasteiger partial charge in [0.05, 0.1) is 11.6 Å². The van der Waals surface area contributed by atoms with Crippen LogP contribution in [0, 0.1) is 17.5 Å². The fourth-order valence-corrected chi connectivity index (χ4v) is 1.93. The Morgan fingerprint density at radius 2 is 1.57 bits per heavy atom. The van der Waals surface area contributed by atoms with Crippen LogP contribution in [0.25, 0.3) is 0 Å². The van der Waals surface area contributed by atoms with Crippen LogP contribution >= 0.6 is 0 Å². The van der Waals surface area contributed by atoms with Crippen LogP contribution in [0.5, 0.6) is 0 Å². The molecule has 0 heterocycles. The molecule has 0 aromatic heterocycles. The zero-order valence-electron chi connectivity index (χ0n) is 10.4. The summed E-state index contributed by atoms with van der Waals surface area (Å²) in [6.07, 6.45) is -4.89. The molecule has 7 heteroatoms. The number of hydrogen-bond donors (Lipinski definition) is 1. The minimum atomic E-state index is -4.89. The molecule has 0 spiro atoms. The number of nitrogens with two attached hydrogens (primary N) is 1. The summed E-state index contributed by atoms with van der Waals surface area (Å²) in [5.74, 6) is -3.49. The summed E-state index contributed by atoms with van der Waals surface area (Å²) in [4.78, 5) is 0. The van der Waals surface area contributed by atoms with E-state index >= 15 is 0 Å². The average molecular weight is 305 g/mol. The number of halogens is 6. The van der Waals surface area contributed by atoms with Crippen LogP contribution in [0.4, 0.5) is 26.3 Å². The van der Waals surface area contributed by atoms with Crippen LogP contribution in [0.2, 0.25) is 0 Å². The lowest BCUT2D eigenvalue weighted by Gasteiger charge is -2.17. The molecule has 2 aromatic rings. The fraction of sp³-hybridized carbons (Fsp3) is 0.143. The molecule has 21 heavy (non-hydrogen) atoms. The Bertz CT molecular complexity index is 665. The molecule has 0 aliphatic heterocycles. The highest BCUT2D eigenvalue weighted by molar-refractivity contribution is 5.37. The molecule has 0 saturated heterocycles. The molecule has 2 N–H and O–H groups in total. The van der Waals surface area contributed by atoms with Gasteiger partial charge < -0.3 is 5.73 Å². The van der Waals surface area contributed by atoms with Crippen LogP contribution in [0.3, 0.4) is 0 Å². The summed E-state index contributed by atoms with van der Waals surface area (Å²) in [6.45, 7) is 0. The predicted molar refractivity (Wildman–Crippen MR) is 63.8 cm³/mol. The van der Waals surface area contributed by atoms with E-state index in [2.05, 4.69) is 0 Å². The molecule has 1 atom stereocenters. The maximum absolute atomic E-state index is 13.9. The minimum absolute atomic E-state index is 0.297. The smallest absolute Gasteiger partial charge is 0.320 e. The van der Waals surface area contributed by atoms with Crippen molar-refractivity contribution in [2.24, 2.45) is 5.73 Å². The minimum Gasteiger partial charge on any atom is -0.320 e. The lowest BCUT2D eigenvalue weighted by Crippen LogP contribution is -2.18. The van der Waals surface area contributed by atoms with Gasteiger partial charge in [0, 0.05) is 17.2 Å². The van der Waals surface area contributed by atoms with Gasteiger partial charge in [0.1, 0.15) is 17.5 Å². The standard InChI is InChI=1S/C14H9F6N/c15-7-4-5-8(11(16)6-7)13(21)9-2-1-3-10(12(9)17)14(18,19)20/h1-6,13H,21H2. The third kappa shape index (κ3) is 3.02. The average Bonchev–Trinajstić information content (AvgIpc) is 2.37. The summed E-state index contributed by atoms with van der Waals surface area (Å²) in [6, 6.07) is 3.47. The quantitative estimate of drug-likeness (QED) is 0.828. The first-order chi connectivity index (χ1) is 9.71.